The third-order valence-corrected chi connectivity index (χ3v) is 7.15. The van der Waals surface area contributed by atoms with E-state index in [1.54, 1.807) is 30.3 Å². The molecular weight excluding hydrogens is 422 g/mol. The Morgan fingerprint density at radius 3 is 2.83 bits per heavy atom. The van der Waals surface area contributed by atoms with Gasteiger partial charge in [-0.3, -0.25) is 9.59 Å². The van der Waals surface area contributed by atoms with Crippen LogP contribution in [0.3, 0.4) is 0 Å². The number of rotatable bonds is 5. The van der Waals surface area contributed by atoms with E-state index in [-0.39, 0.29) is 17.7 Å². The van der Waals surface area contributed by atoms with Gasteiger partial charge in [0, 0.05) is 18.5 Å². The van der Waals surface area contributed by atoms with E-state index in [9.17, 15) is 14.7 Å². The van der Waals surface area contributed by atoms with Crippen molar-refractivity contribution >= 4 is 40.4 Å². The number of carbonyl (C=O) groups excluding carboxylic acids is 2. The zero-order valence-corrected chi connectivity index (χ0v) is 17.9. The van der Waals surface area contributed by atoms with Gasteiger partial charge in [0.05, 0.1) is 26.5 Å². The van der Waals surface area contributed by atoms with Gasteiger partial charge in [0.15, 0.2) is 6.23 Å². The number of benzene rings is 1. The van der Waals surface area contributed by atoms with Gasteiger partial charge in [-0.25, -0.2) is 0 Å². The Balaban J connectivity index is 1.52. The normalized spacial score (nSPS) is 23.2. The second-order valence-corrected chi connectivity index (χ2v) is 9.63. The zero-order valence-electron chi connectivity index (χ0n) is 16.3. The highest BCUT2D eigenvalue weighted by Gasteiger charge is 2.39. The molecule has 0 radical (unpaired) electrons. The molecule has 2 N–H and O–H groups in total. The molecule has 0 spiro atoms. The SMILES string of the molecule is N#CC[C@@H]1CCC[C@H](CN2C(=O)c3c(NC(=O)c4ccc(Cl)s4)cccc3C2O)C1. The Labute approximate surface area is 184 Å². The number of aliphatic hydroxyl groups is 1. The van der Waals surface area contributed by atoms with Crippen LogP contribution in [0.15, 0.2) is 30.3 Å². The number of fused-ring (bicyclic) bond motifs is 1. The lowest BCUT2D eigenvalue weighted by Gasteiger charge is -2.32. The lowest BCUT2D eigenvalue weighted by molar-refractivity contribution is 0.00628. The van der Waals surface area contributed by atoms with Crippen molar-refractivity contribution in [3.63, 3.8) is 0 Å². The average Bonchev–Trinajstić information content (AvgIpc) is 3.27. The summed E-state index contributed by atoms with van der Waals surface area (Å²) in [6.07, 6.45) is 3.46. The van der Waals surface area contributed by atoms with Gasteiger partial charge < -0.3 is 15.3 Å². The molecule has 2 amide bonds. The number of aliphatic hydroxyl groups excluding tert-OH is 1. The van der Waals surface area contributed by atoms with Gasteiger partial charge in [-0.15, -0.1) is 11.3 Å². The fourth-order valence-electron chi connectivity index (χ4n) is 4.51. The molecule has 4 rings (SSSR count). The van der Waals surface area contributed by atoms with Crippen LogP contribution in [0.1, 0.15) is 63.9 Å². The van der Waals surface area contributed by atoms with E-state index in [2.05, 4.69) is 11.4 Å². The minimum absolute atomic E-state index is 0.260. The summed E-state index contributed by atoms with van der Waals surface area (Å²) >= 11 is 7.08. The van der Waals surface area contributed by atoms with Crippen molar-refractivity contribution in [2.75, 3.05) is 11.9 Å². The standard InChI is InChI=1S/C22H22ClN3O3S/c23-18-8-7-17(30-18)20(27)25-16-6-2-5-15-19(16)22(29)26(21(15)28)12-14-4-1-3-13(11-14)9-10-24/h2,5-8,13-14,21,28H,1,3-4,9,11-12H2,(H,25,27)/t13-,14-,21?/m0/s1. The quantitative estimate of drug-likeness (QED) is 0.692. The molecule has 1 unspecified atom stereocenters. The van der Waals surface area contributed by atoms with Crippen molar-refractivity contribution in [1.29, 1.82) is 5.26 Å². The predicted molar refractivity (Wildman–Crippen MR) is 115 cm³/mol. The summed E-state index contributed by atoms with van der Waals surface area (Å²) in [4.78, 5) is 27.7. The summed E-state index contributed by atoms with van der Waals surface area (Å²) in [6, 6.07) is 10.6. The average molecular weight is 444 g/mol. The van der Waals surface area contributed by atoms with Crippen LogP contribution in [0.5, 0.6) is 0 Å². The summed E-state index contributed by atoms with van der Waals surface area (Å²) in [5, 5.41) is 22.6. The van der Waals surface area contributed by atoms with E-state index in [0.717, 1.165) is 37.0 Å². The van der Waals surface area contributed by atoms with E-state index in [4.69, 9.17) is 16.9 Å². The summed E-state index contributed by atoms with van der Waals surface area (Å²) < 4.78 is 0.512. The highest BCUT2D eigenvalue weighted by molar-refractivity contribution is 7.18. The first-order valence-corrected chi connectivity index (χ1v) is 11.2. The molecule has 30 heavy (non-hydrogen) atoms. The van der Waals surface area contributed by atoms with Crippen LogP contribution in [0, 0.1) is 23.2 Å². The maximum atomic E-state index is 13.2. The fourth-order valence-corrected chi connectivity index (χ4v) is 5.45. The minimum Gasteiger partial charge on any atom is -0.369 e. The molecule has 1 aromatic heterocycles. The first-order valence-electron chi connectivity index (χ1n) is 10.0. The van der Waals surface area contributed by atoms with Gasteiger partial charge in [0.2, 0.25) is 0 Å². The number of anilines is 1. The lowest BCUT2D eigenvalue weighted by Crippen LogP contribution is -2.35. The summed E-state index contributed by atoms with van der Waals surface area (Å²) in [5.41, 5.74) is 1.23. The van der Waals surface area contributed by atoms with Crippen LogP contribution in [0.25, 0.3) is 0 Å². The molecule has 6 nitrogen and oxygen atoms in total. The number of amides is 2. The van der Waals surface area contributed by atoms with Gasteiger partial charge in [0.1, 0.15) is 0 Å². The van der Waals surface area contributed by atoms with Crippen molar-refractivity contribution in [2.24, 2.45) is 11.8 Å². The number of hydrogen-bond donors (Lipinski definition) is 2. The summed E-state index contributed by atoms with van der Waals surface area (Å²) in [6.45, 7) is 0.449. The summed E-state index contributed by atoms with van der Waals surface area (Å²) in [5.74, 6) is 0.00226. The molecule has 1 saturated carbocycles. The number of thiophene rings is 1. The van der Waals surface area contributed by atoms with Gasteiger partial charge in [-0.2, -0.15) is 5.26 Å². The zero-order chi connectivity index (χ0) is 21.3. The molecule has 1 fully saturated rings. The number of nitriles is 1. The van der Waals surface area contributed by atoms with Crippen LogP contribution >= 0.6 is 22.9 Å². The number of nitrogens with zero attached hydrogens (tertiary/aromatic N) is 2. The van der Waals surface area contributed by atoms with Crippen LogP contribution in [0.4, 0.5) is 5.69 Å². The van der Waals surface area contributed by atoms with Crippen LogP contribution < -0.4 is 5.32 Å². The molecular formula is C22H22ClN3O3S. The molecule has 3 atom stereocenters. The van der Waals surface area contributed by atoms with E-state index in [1.807, 2.05) is 0 Å². The Hall–Kier alpha value is -2.40. The van der Waals surface area contributed by atoms with E-state index in [0.29, 0.717) is 44.9 Å². The van der Waals surface area contributed by atoms with Gasteiger partial charge in [-0.1, -0.05) is 30.2 Å². The maximum Gasteiger partial charge on any atom is 0.265 e. The predicted octanol–water partition coefficient (Wildman–Crippen LogP) is 4.82. The number of carbonyl (C=O) groups is 2. The maximum absolute atomic E-state index is 13.2. The smallest absolute Gasteiger partial charge is 0.265 e. The van der Waals surface area contributed by atoms with Crippen LogP contribution in [-0.4, -0.2) is 28.4 Å². The molecule has 156 valence electrons. The fraction of sp³-hybridized carbons (Fsp3) is 0.409. The van der Waals surface area contributed by atoms with Crippen LogP contribution in [-0.2, 0) is 0 Å². The number of hydrogen-bond acceptors (Lipinski definition) is 5. The lowest BCUT2D eigenvalue weighted by atomic mass is 9.80. The molecule has 2 aliphatic rings. The molecule has 1 aromatic carbocycles. The summed E-state index contributed by atoms with van der Waals surface area (Å²) in [7, 11) is 0. The highest BCUT2D eigenvalue weighted by atomic mass is 35.5. The van der Waals surface area contributed by atoms with Crippen molar-refractivity contribution < 1.29 is 14.7 Å². The van der Waals surface area contributed by atoms with Crippen molar-refractivity contribution in [3.8, 4) is 6.07 Å². The van der Waals surface area contributed by atoms with Crippen molar-refractivity contribution in [2.45, 2.75) is 38.3 Å². The van der Waals surface area contributed by atoms with Gasteiger partial charge >= 0.3 is 0 Å². The second kappa shape index (κ2) is 8.76. The Kier molecular flexibility index (Phi) is 6.09. The van der Waals surface area contributed by atoms with Gasteiger partial charge in [-0.05, 0) is 49.3 Å². The van der Waals surface area contributed by atoms with E-state index < -0.39 is 6.23 Å². The number of halogens is 1. The number of nitrogens with one attached hydrogen (secondary N) is 1. The largest absolute Gasteiger partial charge is 0.369 e. The molecule has 8 heteroatoms. The third kappa shape index (κ3) is 4.08. The second-order valence-electron chi connectivity index (χ2n) is 7.92. The van der Waals surface area contributed by atoms with Crippen molar-refractivity contribution in [1.82, 2.24) is 4.90 Å². The van der Waals surface area contributed by atoms with E-state index in [1.165, 1.54) is 4.90 Å². The third-order valence-electron chi connectivity index (χ3n) is 5.92. The molecule has 0 saturated heterocycles. The molecule has 0 bridgehead atoms. The molecule has 1 aliphatic heterocycles. The molecule has 1 aliphatic carbocycles. The molecule has 2 aromatic rings. The first kappa shape index (κ1) is 20.9. The molecule has 2 heterocycles. The Morgan fingerprint density at radius 2 is 2.10 bits per heavy atom. The van der Waals surface area contributed by atoms with E-state index >= 15 is 0 Å². The minimum atomic E-state index is -1.03. The van der Waals surface area contributed by atoms with Gasteiger partial charge in [0.25, 0.3) is 11.8 Å². The topological polar surface area (TPSA) is 93.4 Å². The highest BCUT2D eigenvalue weighted by Crippen LogP contribution is 2.39. The Morgan fingerprint density at radius 1 is 1.30 bits per heavy atom. The van der Waals surface area contributed by atoms with Crippen molar-refractivity contribution in [3.05, 3.63) is 50.7 Å². The first-order chi connectivity index (χ1) is 14.5. The monoisotopic (exact) mass is 443 g/mol. The van der Waals surface area contributed by atoms with Crippen LogP contribution in [0.2, 0.25) is 4.34 Å². The Bertz CT molecular complexity index is 1020.